The summed E-state index contributed by atoms with van der Waals surface area (Å²) in [6, 6.07) is 19.1. The highest BCUT2D eigenvalue weighted by atomic mass is 28.2. The summed E-state index contributed by atoms with van der Waals surface area (Å²) in [7, 11) is 3.47. The molecular weight excluding hydrogens is 695 g/mol. The van der Waals surface area contributed by atoms with Gasteiger partial charge in [0.1, 0.15) is 28.9 Å². The summed E-state index contributed by atoms with van der Waals surface area (Å²) < 4.78 is 26.8. The Hall–Kier alpha value is -4.37. The minimum absolute atomic E-state index is 0.104. The maximum absolute atomic E-state index is 14.3. The first-order valence-electron chi connectivity index (χ1n) is 17.6. The van der Waals surface area contributed by atoms with Crippen molar-refractivity contribution in [2.75, 3.05) is 14.1 Å². The fourth-order valence-corrected chi connectivity index (χ4v) is 6.69. The molecule has 1 aromatic heterocycles. The summed E-state index contributed by atoms with van der Waals surface area (Å²) in [5.74, 6) is -1.12. The summed E-state index contributed by atoms with van der Waals surface area (Å²) in [4.78, 5) is 50.9. The van der Waals surface area contributed by atoms with Crippen molar-refractivity contribution in [2.24, 2.45) is 10.9 Å². The Labute approximate surface area is 314 Å². The van der Waals surface area contributed by atoms with Crippen molar-refractivity contribution in [1.29, 1.82) is 0 Å². The molecule has 1 aliphatic heterocycles. The number of hydrogen-bond donors (Lipinski definition) is 2. The Bertz CT molecular complexity index is 1750. The predicted molar refractivity (Wildman–Crippen MR) is 203 cm³/mol. The molecule has 2 aromatic carbocycles. The lowest BCUT2D eigenvalue weighted by Gasteiger charge is -2.43. The van der Waals surface area contributed by atoms with Crippen molar-refractivity contribution in [1.82, 2.24) is 19.8 Å². The van der Waals surface area contributed by atoms with E-state index in [4.69, 9.17) is 18.6 Å². The van der Waals surface area contributed by atoms with Gasteiger partial charge in [-0.15, -0.1) is 0 Å². The number of carbonyl (C=O) groups excluding carboxylic acids is 2. The minimum Gasteiger partial charge on any atom is -0.455 e. The third-order valence-electron chi connectivity index (χ3n) is 8.28. The zero-order valence-electron chi connectivity index (χ0n) is 32.5. The second kappa shape index (κ2) is 16.3. The molecule has 1 saturated heterocycles. The van der Waals surface area contributed by atoms with Gasteiger partial charge in [0, 0.05) is 20.3 Å². The van der Waals surface area contributed by atoms with E-state index in [1.165, 1.54) is 25.5 Å². The summed E-state index contributed by atoms with van der Waals surface area (Å²) in [5, 5.41) is 14.9. The van der Waals surface area contributed by atoms with Crippen LogP contribution >= 0.6 is 0 Å². The number of hydrogen-bond acceptors (Lipinski definition) is 10. The first-order chi connectivity index (χ1) is 24.7. The molecule has 1 amide bonds. The lowest BCUT2D eigenvalue weighted by molar-refractivity contribution is -0.172. The summed E-state index contributed by atoms with van der Waals surface area (Å²) in [6.07, 6.45) is -1.99. The van der Waals surface area contributed by atoms with Gasteiger partial charge >= 0.3 is 17.8 Å². The fraction of sp³-hybridized carbons (Fsp3) is 0.513. The lowest BCUT2D eigenvalue weighted by atomic mass is 9.77. The van der Waals surface area contributed by atoms with Gasteiger partial charge in [0.2, 0.25) is 9.76 Å². The van der Waals surface area contributed by atoms with Crippen molar-refractivity contribution < 1.29 is 33.3 Å². The van der Waals surface area contributed by atoms with Crippen LogP contribution in [0.15, 0.2) is 82.7 Å². The van der Waals surface area contributed by atoms with Crippen LogP contribution in [0.5, 0.6) is 0 Å². The van der Waals surface area contributed by atoms with E-state index in [1.807, 2.05) is 81.4 Å². The van der Waals surface area contributed by atoms with Crippen LogP contribution in [0.3, 0.4) is 0 Å². The van der Waals surface area contributed by atoms with Gasteiger partial charge in [-0.3, -0.25) is 4.57 Å². The van der Waals surface area contributed by atoms with Crippen LogP contribution in [-0.2, 0) is 29.0 Å². The molecule has 1 aliphatic rings. The molecule has 5 unspecified atom stereocenters. The van der Waals surface area contributed by atoms with Crippen LogP contribution in [0, 0.1) is 5.92 Å². The molecule has 14 heteroatoms. The van der Waals surface area contributed by atoms with Gasteiger partial charge in [0.05, 0.1) is 6.34 Å². The number of rotatable bonds is 12. The number of nitrogens with zero attached hydrogens (tertiary/aromatic N) is 4. The van der Waals surface area contributed by atoms with Crippen LogP contribution in [0.1, 0.15) is 79.7 Å². The largest absolute Gasteiger partial charge is 0.455 e. The van der Waals surface area contributed by atoms with E-state index in [1.54, 1.807) is 53.6 Å². The van der Waals surface area contributed by atoms with E-state index in [-0.39, 0.29) is 20.6 Å². The first kappa shape index (κ1) is 41.4. The monoisotopic (exact) mass is 747 g/mol. The Morgan fingerprint density at radius 3 is 2.06 bits per heavy atom. The normalized spacial score (nSPS) is 21.4. The Kier molecular flexibility index (Phi) is 12.8. The van der Waals surface area contributed by atoms with E-state index >= 15 is 0 Å². The topological polar surface area (TPSA) is 154 Å². The van der Waals surface area contributed by atoms with Crippen molar-refractivity contribution >= 4 is 34.0 Å². The number of esters is 1. The molecule has 53 heavy (non-hydrogen) atoms. The predicted octanol–water partition coefficient (Wildman–Crippen LogP) is 5.37. The van der Waals surface area contributed by atoms with E-state index in [0.717, 1.165) is 4.57 Å². The third kappa shape index (κ3) is 9.99. The molecule has 5 atom stereocenters. The first-order valence-corrected chi connectivity index (χ1v) is 18.5. The summed E-state index contributed by atoms with van der Waals surface area (Å²) >= 11 is 0. The molecule has 2 heterocycles. The second-order valence-corrected chi connectivity index (χ2v) is 17.9. The van der Waals surface area contributed by atoms with E-state index < -0.39 is 65.0 Å². The Morgan fingerprint density at radius 1 is 1.02 bits per heavy atom. The number of benzene rings is 2. The molecule has 286 valence electrons. The van der Waals surface area contributed by atoms with Crippen LogP contribution < -0.4 is 11.0 Å². The van der Waals surface area contributed by atoms with Crippen molar-refractivity contribution in [2.45, 2.75) is 109 Å². The number of nitrogens with one attached hydrogen (secondary N) is 1. The Morgan fingerprint density at radius 2 is 1.58 bits per heavy atom. The average molecular weight is 748 g/mol. The third-order valence-corrected chi connectivity index (χ3v) is 9.31. The van der Waals surface area contributed by atoms with Crippen LogP contribution in [0.25, 0.3) is 0 Å². The number of carbonyl (C=O) groups is 2. The van der Waals surface area contributed by atoms with Gasteiger partial charge in [-0.05, 0) is 55.8 Å². The van der Waals surface area contributed by atoms with Crippen molar-refractivity contribution in [3.63, 3.8) is 0 Å². The van der Waals surface area contributed by atoms with Gasteiger partial charge in [-0.25, -0.2) is 19.4 Å². The summed E-state index contributed by atoms with van der Waals surface area (Å²) in [5.41, 5.74) is -3.79. The number of aromatic nitrogens is 2. The van der Waals surface area contributed by atoms with E-state index in [0.29, 0.717) is 11.1 Å². The van der Waals surface area contributed by atoms with E-state index in [9.17, 15) is 19.5 Å². The molecule has 3 aromatic rings. The van der Waals surface area contributed by atoms with Gasteiger partial charge in [0.25, 0.3) is 0 Å². The minimum atomic E-state index is -2.06. The SMILES string of the molecule is CC(C)C(NC(=O)OC(C)(C)C)C(=O)OC1C(C(O[Si]C(C)(C)C)(c2ccccc2)c2ccccc2)OC(n2ccc(N=CN(C)C)nc2=O)C1(C)O. The lowest BCUT2D eigenvalue weighted by Crippen LogP contribution is -2.57. The van der Waals surface area contributed by atoms with E-state index in [2.05, 4.69) is 15.3 Å². The van der Waals surface area contributed by atoms with Crippen LogP contribution in [-0.4, -0.2) is 91.3 Å². The van der Waals surface area contributed by atoms with Gasteiger partial charge in [-0.2, -0.15) is 4.98 Å². The van der Waals surface area contributed by atoms with Gasteiger partial charge in [-0.1, -0.05) is 95.3 Å². The van der Waals surface area contributed by atoms with Crippen molar-refractivity contribution in [3.8, 4) is 0 Å². The number of amides is 1. The maximum atomic E-state index is 14.3. The molecule has 13 nitrogen and oxygen atoms in total. The van der Waals surface area contributed by atoms with Crippen LogP contribution in [0.2, 0.25) is 5.04 Å². The van der Waals surface area contributed by atoms with Gasteiger partial charge in [0.15, 0.2) is 18.1 Å². The molecule has 0 bridgehead atoms. The highest BCUT2D eigenvalue weighted by Gasteiger charge is 2.64. The highest BCUT2D eigenvalue weighted by Crippen LogP contribution is 2.51. The maximum Gasteiger partial charge on any atom is 0.408 e. The quantitative estimate of drug-likeness (QED) is 0.107. The number of alkyl carbamates (subject to hydrolysis) is 1. The smallest absolute Gasteiger partial charge is 0.408 e. The number of ether oxygens (including phenoxy) is 3. The molecular formula is C39H53N5O8Si. The van der Waals surface area contributed by atoms with Crippen LogP contribution in [0.4, 0.5) is 10.6 Å². The fourth-order valence-electron chi connectivity index (χ4n) is 5.87. The molecule has 1 fully saturated rings. The standard InChI is InChI=1S/C39H53N5O8Si/c1-25(2)29(42-35(47)51-36(3,4)5)32(45)49-30-31(50-33(38(30,9)48)44-23-22-28(41-34(44)46)40-24-43(10)11)39(52-53-37(6,7)8,26-18-14-12-15-19-26)27-20-16-13-17-21-27/h12-25,29-31,33,48H,1-11H3,(H,42,47). The molecule has 0 spiro atoms. The highest BCUT2D eigenvalue weighted by molar-refractivity contribution is 6.32. The zero-order valence-corrected chi connectivity index (χ0v) is 33.5. The molecule has 0 aliphatic carbocycles. The molecule has 0 saturated carbocycles. The molecule has 2 radical (unpaired) electrons. The molecule has 2 N–H and O–H groups in total. The zero-order chi connectivity index (χ0) is 39.4. The average Bonchev–Trinajstić information content (AvgIpc) is 3.32. The number of aliphatic hydroxyl groups is 1. The summed E-state index contributed by atoms with van der Waals surface area (Å²) in [6.45, 7) is 16.2. The second-order valence-electron chi connectivity index (χ2n) is 16.0. The molecule has 4 rings (SSSR count). The number of aliphatic imine (C=N–C) groups is 1. The van der Waals surface area contributed by atoms with Gasteiger partial charge < -0.3 is 34.0 Å². The Balaban J connectivity index is 1.94. The van der Waals surface area contributed by atoms with Crippen molar-refractivity contribution in [3.05, 3.63) is 94.5 Å².